The standard InChI is InChI=1S/C18H21ClNO5PS/c1-4-24-26(23,25-5-2)9-13-10-27-11-16(13)18(22)20-17-7-6-14(19)8-15(17)12(3)21/h6-8,10-11H,4-5,9H2,1-3H3,(H,20,22). The van der Waals surface area contributed by atoms with Crippen LogP contribution in [0.3, 0.4) is 0 Å². The summed E-state index contributed by atoms with van der Waals surface area (Å²) in [7, 11) is -3.33. The van der Waals surface area contributed by atoms with Crippen molar-refractivity contribution in [2.75, 3.05) is 18.5 Å². The molecular weight excluding hydrogens is 409 g/mol. The maximum absolute atomic E-state index is 12.8. The number of hydrogen-bond donors (Lipinski definition) is 1. The molecule has 6 nitrogen and oxygen atoms in total. The van der Waals surface area contributed by atoms with Gasteiger partial charge in [-0.15, -0.1) is 0 Å². The zero-order valence-corrected chi connectivity index (χ0v) is 17.7. The van der Waals surface area contributed by atoms with Crippen LogP contribution in [0.5, 0.6) is 0 Å². The molecule has 9 heteroatoms. The van der Waals surface area contributed by atoms with Crippen molar-refractivity contribution >= 4 is 47.9 Å². The smallest absolute Gasteiger partial charge is 0.321 e. The molecule has 2 rings (SSSR count). The summed E-state index contributed by atoms with van der Waals surface area (Å²) in [6.45, 7) is 5.36. The zero-order chi connectivity index (χ0) is 20.0. The number of amides is 1. The fourth-order valence-electron chi connectivity index (χ4n) is 2.48. The van der Waals surface area contributed by atoms with E-state index in [0.29, 0.717) is 27.4 Å². The Morgan fingerprint density at radius 1 is 1.15 bits per heavy atom. The first-order valence-electron chi connectivity index (χ1n) is 8.34. The molecule has 0 saturated heterocycles. The van der Waals surface area contributed by atoms with E-state index in [4.69, 9.17) is 20.6 Å². The highest BCUT2D eigenvalue weighted by atomic mass is 35.5. The van der Waals surface area contributed by atoms with Gasteiger partial charge in [0.05, 0.1) is 30.6 Å². The number of carbonyl (C=O) groups is 2. The molecule has 0 aliphatic heterocycles. The fourth-order valence-corrected chi connectivity index (χ4v) is 5.34. The van der Waals surface area contributed by atoms with E-state index in [0.717, 1.165) is 0 Å². The van der Waals surface area contributed by atoms with E-state index in [9.17, 15) is 14.2 Å². The van der Waals surface area contributed by atoms with E-state index < -0.39 is 13.5 Å². The van der Waals surface area contributed by atoms with E-state index in [1.807, 2.05) is 0 Å². The first kappa shape index (κ1) is 21.8. The van der Waals surface area contributed by atoms with Crippen LogP contribution in [-0.2, 0) is 19.8 Å². The summed E-state index contributed by atoms with van der Waals surface area (Å²) in [6, 6.07) is 4.68. The number of halogens is 1. The molecule has 0 radical (unpaired) electrons. The van der Waals surface area contributed by atoms with Crippen molar-refractivity contribution in [2.24, 2.45) is 0 Å². The van der Waals surface area contributed by atoms with E-state index in [-0.39, 0.29) is 25.2 Å². The zero-order valence-electron chi connectivity index (χ0n) is 15.3. The third-order valence-corrected chi connectivity index (χ3v) is 6.67. The number of Topliss-reactive ketones (excluding diaryl/α,β-unsaturated/α-hetero) is 1. The van der Waals surface area contributed by atoms with Crippen molar-refractivity contribution in [3.63, 3.8) is 0 Å². The molecule has 0 saturated carbocycles. The van der Waals surface area contributed by atoms with Gasteiger partial charge in [0.2, 0.25) is 0 Å². The van der Waals surface area contributed by atoms with Gasteiger partial charge in [0.15, 0.2) is 5.78 Å². The average molecular weight is 430 g/mol. The molecule has 1 aromatic heterocycles. The summed E-state index contributed by atoms with van der Waals surface area (Å²) < 4.78 is 23.4. The van der Waals surface area contributed by atoms with Crippen LogP contribution in [-0.4, -0.2) is 24.9 Å². The van der Waals surface area contributed by atoms with Gasteiger partial charge in [0.1, 0.15) is 0 Å². The van der Waals surface area contributed by atoms with Gasteiger partial charge < -0.3 is 14.4 Å². The maximum atomic E-state index is 12.8. The van der Waals surface area contributed by atoms with E-state index in [1.54, 1.807) is 36.7 Å². The van der Waals surface area contributed by atoms with Crippen molar-refractivity contribution in [3.8, 4) is 0 Å². The molecule has 2 aromatic rings. The largest absolute Gasteiger partial charge is 0.335 e. The van der Waals surface area contributed by atoms with Crippen LogP contribution in [0.1, 0.15) is 47.1 Å². The monoisotopic (exact) mass is 429 g/mol. The van der Waals surface area contributed by atoms with Crippen molar-refractivity contribution < 1.29 is 23.2 Å². The molecule has 0 aliphatic carbocycles. The van der Waals surface area contributed by atoms with Gasteiger partial charge in [-0.3, -0.25) is 14.2 Å². The molecule has 0 spiro atoms. The van der Waals surface area contributed by atoms with Crippen molar-refractivity contribution in [2.45, 2.75) is 26.9 Å². The van der Waals surface area contributed by atoms with Crippen LogP contribution in [0, 0.1) is 0 Å². The quantitative estimate of drug-likeness (QED) is 0.413. The SMILES string of the molecule is CCOP(=O)(Cc1cscc1C(=O)Nc1ccc(Cl)cc1C(C)=O)OCC. The van der Waals surface area contributed by atoms with Gasteiger partial charge in [-0.05, 0) is 49.9 Å². The highest BCUT2D eigenvalue weighted by Crippen LogP contribution is 2.52. The lowest BCUT2D eigenvalue weighted by atomic mass is 10.1. The lowest BCUT2D eigenvalue weighted by Gasteiger charge is -2.17. The second-order valence-electron chi connectivity index (χ2n) is 5.62. The second-order valence-corrected chi connectivity index (χ2v) is 8.85. The van der Waals surface area contributed by atoms with Gasteiger partial charge in [-0.25, -0.2) is 0 Å². The Morgan fingerprint density at radius 2 is 1.81 bits per heavy atom. The molecular formula is C18H21ClNO5PS. The van der Waals surface area contributed by atoms with E-state index in [1.165, 1.54) is 24.3 Å². The van der Waals surface area contributed by atoms with Crippen molar-refractivity contribution in [3.05, 3.63) is 50.7 Å². The molecule has 1 amide bonds. The molecule has 0 aliphatic rings. The maximum Gasteiger partial charge on any atom is 0.335 e. The lowest BCUT2D eigenvalue weighted by Crippen LogP contribution is -2.15. The Bertz CT molecular complexity index is 872. The number of hydrogen-bond acceptors (Lipinski definition) is 6. The van der Waals surface area contributed by atoms with Gasteiger partial charge in [0.25, 0.3) is 5.91 Å². The molecule has 27 heavy (non-hydrogen) atoms. The Hall–Kier alpha value is -1.50. The average Bonchev–Trinajstić information content (AvgIpc) is 3.04. The number of thiophene rings is 1. The molecule has 0 fully saturated rings. The number of rotatable bonds is 9. The van der Waals surface area contributed by atoms with Crippen LogP contribution < -0.4 is 5.32 Å². The predicted octanol–water partition coefficient (Wildman–Crippen LogP) is 5.62. The highest BCUT2D eigenvalue weighted by Gasteiger charge is 2.27. The third kappa shape index (κ3) is 5.74. The molecule has 1 heterocycles. The highest BCUT2D eigenvalue weighted by molar-refractivity contribution is 7.53. The van der Waals surface area contributed by atoms with Gasteiger partial charge in [-0.2, -0.15) is 11.3 Å². The van der Waals surface area contributed by atoms with Crippen LogP contribution in [0.15, 0.2) is 29.0 Å². The first-order chi connectivity index (χ1) is 12.8. The summed E-state index contributed by atoms with van der Waals surface area (Å²) in [4.78, 5) is 24.5. The lowest BCUT2D eigenvalue weighted by molar-refractivity contribution is 0.101. The van der Waals surface area contributed by atoms with Crippen LogP contribution >= 0.6 is 30.5 Å². The molecule has 1 N–H and O–H groups in total. The number of carbonyl (C=O) groups excluding carboxylic acids is 2. The minimum atomic E-state index is -3.33. The molecule has 146 valence electrons. The number of benzene rings is 1. The Kier molecular flexibility index (Phi) is 7.77. The number of nitrogens with one attached hydrogen (secondary N) is 1. The summed E-state index contributed by atoms with van der Waals surface area (Å²) in [5.41, 5.74) is 1.62. The van der Waals surface area contributed by atoms with Gasteiger partial charge in [0, 0.05) is 16.0 Å². The van der Waals surface area contributed by atoms with Gasteiger partial charge in [-0.1, -0.05) is 11.6 Å². The predicted molar refractivity (Wildman–Crippen MR) is 108 cm³/mol. The van der Waals surface area contributed by atoms with Crippen molar-refractivity contribution in [1.82, 2.24) is 0 Å². The summed E-state index contributed by atoms with van der Waals surface area (Å²) in [5, 5.41) is 6.54. The molecule has 1 aromatic carbocycles. The first-order valence-corrected chi connectivity index (χ1v) is 11.4. The normalized spacial score (nSPS) is 11.4. The minimum Gasteiger partial charge on any atom is -0.321 e. The topological polar surface area (TPSA) is 81.7 Å². The Balaban J connectivity index is 2.26. The second kappa shape index (κ2) is 9.62. The molecule has 0 unspecified atom stereocenters. The summed E-state index contributed by atoms with van der Waals surface area (Å²) >= 11 is 7.25. The molecule has 0 bridgehead atoms. The third-order valence-electron chi connectivity index (χ3n) is 3.61. The van der Waals surface area contributed by atoms with Crippen LogP contribution in [0.2, 0.25) is 5.02 Å². The number of ketones is 1. The Labute approximate surface area is 167 Å². The number of anilines is 1. The summed E-state index contributed by atoms with van der Waals surface area (Å²) in [6.07, 6.45) is 0.00111. The van der Waals surface area contributed by atoms with Gasteiger partial charge >= 0.3 is 7.60 Å². The minimum absolute atomic E-state index is 0.00111. The van der Waals surface area contributed by atoms with Crippen LogP contribution in [0.25, 0.3) is 0 Å². The summed E-state index contributed by atoms with van der Waals surface area (Å²) in [5.74, 6) is -0.619. The van der Waals surface area contributed by atoms with E-state index in [2.05, 4.69) is 5.32 Å². The van der Waals surface area contributed by atoms with E-state index >= 15 is 0 Å². The Morgan fingerprint density at radius 3 is 2.41 bits per heavy atom. The molecule has 0 atom stereocenters. The van der Waals surface area contributed by atoms with Crippen LogP contribution in [0.4, 0.5) is 5.69 Å². The fraction of sp³-hybridized carbons (Fsp3) is 0.333. The van der Waals surface area contributed by atoms with Crippen molar-refractivity contribution in [1.29, 1.82) is 0 Å².